The van der Waals surface area contributed by atoms with Crippen LogP contribution in [0.1, 0.15) is 32.6 Å². The Morgan fingerprint density at radius 3 is 2.86 bits per heavy atom. The maximum absolute atomic E-state index is 10.5. The quantitative estimate of drug-likeness (QED) is 0.596. The molecule has 126 valence electrons. The predicted octanol–water partition coefficient (Wildman–Crippen LogP) is 0.990. The molecule has 0 amide bonds. The molecule has 3 saturated heterocycles. The van der Waals surface area contributed by atoms with Crippen LogP contribution in [0.3, 0.4) is 0 Å². The molecule has 0 saturated carbocycles. The summed E-state index contributed by atoms with van der Waals surface area (Å²) in [6.45, 7) is 8.24. The lowest BCUT2D eigenvalue weighted by Gasteiger charge is -2.26. The first-order valence-corrected chi connectivity index (χ1v) is 9.93. The highest BCUT2D eigenvalue weighted by Crippen LogP contribution is 2.28. The first kappa shape index (κ1) is 16.4. The molecule has 3 aliphatic rings. The van der Waals surface area contributed by atoms with Gasteiger partial charge in [0.15, 0.2) is 5.96 Å². The molecule has 3 fully saturated rings. The summed E-state index contributed by atoms with van der Waals surface area (Å²) >= 11 is 1.84. The van der Waals surface area contributed by atoms with E-state index in [0.717, 1.165) is 43.5 Å². The van der Waals surface area contributed by atoms with Crippen molar-refractivity contribution in [2.75, 3.05) is 50.8 Å². The zero-order chi connectivity index (χ0) is 15.4. The first-order chi connectivity index (χ1) is 10.7. The van der Waals surface area contributed by atoms with E-state index < -0.39 is 5.60 Å². The van der Waals surface area contributed by atoms with E-state index in [0.29, 0.717) is 12.6 Å². The minimum atomic E-state index is -0.584. The van der Waals surface area contributed by atoms with Crippen molar-refractivity contribution in [3.05, 3.63) is 0 Å². The van der Waals surface area contributed by atoms with Crippen LogP contribution in [0.15, 0.2) is 4.99 Å². The van der Waals surface area contributed by atoms with Crippen LogP contribution in [0.4, 0.5) is 0 Å². The average Bonchev–Trinajstić information content (AvgIpc) is 3.24. The molecule has 2 unspecified atom stereocenters. The van der Waals surface area contributed by atoms with Gasteiger partial charge < -0.3 is 15.3 Å². The van der Waals surface area contributed by atoms with Crippen molar-refractivity contribution < 1.29 is 5.11 Å². The van der Waals surface area contributed by atoms with Crippen LogP contribution in [-0.4, -0.2) is 83.3 Å². The van der Waals surface area contributed by atoms with E-state index in [4.69, 9.17) is 4.99 Å². The van der Waals surface area contributed by atoms with Crippen molar-refractivity contribution in [3.8, 4) is 0 Å². The summed E-state index contributed by atoms with van der Waals surface area (Å²) in [5.74, 6) is 2.88. The molecule has 3 heterocycles. The van der Waals surface area contributed by atoms with Gasteiger partial charge in [-0.25, -0.2) is 0 Å². The Kier molecular flexibility index (Phi) is 5.52. The van der Waals surface area contributed by atoms with Gasteiger partial charge in [-0.15, -0.1) is 0 Å². The van der Waals surface area contributed by atoms with E-state index in [1.807, 2.05) is 11.8 Å². The second-order valence-corrected chi connectivity index (χ2v) is 7.93. The van der Waals surface area contributed by atoms with Crippen molar-refractivity contribution >= 4 is 17.7 Å². The average molecular weight is 327 g/mol. The third kappa shape index (κ3) is 3.89. The number of nitrogens with one attached hydrogen (secondary N) is 1. The van der Waals surface area contributed by atoms with Gasteiger partial charge in [0.05, 0.1) is 12.1 Å². The molecule has 0 radical (unpaired) electrons. The zero-order valence-corrected chi connectivity index (χ0v) is 14.6. The summed E-state index contributed by atoms with van der Waals surface area (Å²) in [5.41, 5.74) is -0.584. The molecule has 0 spiro atoms. The fourth-order valence-electron chi connectivity index (χ4n) is 3.71. The predicted molar refractivity (Wildman–Crippen MR) is 93.7 cm³/mol. The van der Waals surface area contributed by atoms with Crippen molar-refractivity contribution in [1.29, 1.82) is 0 Å². The summed E-state index contributed by atoms with van der Waals surface area (Å²) in [6.07, 6.45) is 4.83. The molecular weight excluding hydrogens is 296 g/mol. The molecule has 6 heteroatoms. The number of hydrogen-bond donors (Lipinski definition) is 2. The number of aliphatic imine (C=N–C) groups is 1. The SMILES string of the molecule is CCNC(=NCC1(O)CCSC1)N1CCC(N2CCCC2)C1. The summed E-state index contributed by atoms with van der Waals surface area (Å²) in [6, 6.07) is 0.691. The number of thioether (sulfide) groups is 1. The highest BCUT2D eigenvalue weighted by Gasteiger charge is 2.33. The van der Waals surface area contributed by atoms with E-state index in [-0.39, 0.29) is 0 Å². The highest BCUT2D eigenvalue weighted by atomic mass is 32.2. The normalized spacial score (nSPS) is 33.8. The molecule has 3 rings (SSSR count). The number of rotatable bonds is 4. The van der Waals surface area contributed by atoms with Gasteiger partial charge in [0.2, 0.25) is 0 Å². The van der Waals surface area contributed by atoms with Crippen molar-refractivity contribution in [1.82, 2.24) is 15.1 Å². The fourth-order valence-corrected chi connectivity index (χ4v) is 4.99. The molecule has 0 aromatic rings. The summed E-state index contributed by atoms with van der Waals surface area (Å²) < 4.78 is 0. The van der Waals surface area contributed by atoms with Crippen molar-refractivity contribution in [3.63, 3.8) is 0 Å². The van der Waals surface area contributed by atoms with E-state index in [1.165, 1.54) is 32.4 Å². The third-order valence-corrected chi connectivity index (χ3v) is 6.29. The number of nitrogens with zero attached hydrogens (tertiary/aromatic N) is 3. The molecular formula is C16H30N4OS. The van der Waals surface area contributed by atoms with E-state index in [9.17, 15) is 5.11 Å². The standard InChI is InChI=1S/C16H30N4OS/c1-2-17-15(18-12-16(21)6-10-22-13-16)20-9-5-14(11-20)19-7-3-4-8-19/h14,21H,2-13H2,1H3,(H,17,18). The van der Waals surface area contributed by atoms with Crippen LogP contribution in [0.5, 0.6) is 0 Å². The van der Waals surface area contributed by atoms with E-state index >= 15 is 0 Å². The Labute approximate surface area is 138 Å². The molecule has 0 bridgehead atoms. The number of likely N-dealkylation sites (tertiary alicyclic amines) is 2. The highest BCUT2D eigenvalue weighted by molar-refractivity contribution is 7.99. The van der Waals surface area contributed by atoms with Crippen LogP contribution in [-0.2, 0) is 0 Å². The molecule has 0 aromatic carbocycles. The number of guanidine groups is 1. The van der Waals surface area contributed by atoms with Gasteiger partial charge in [-0.2, -0.15) is 11.8 Å². The molecule has 2 atom stereocenters. The van der Waals surface area contributed by atoms with Gasteiger partial charge in [0, 0.05) is 31.4 Å². The largest absolute Gasteiger partial charge is 0.387 e. The summed E-state index contributed by atoms with van der Waals surface area (Å²) in [7, 11) is 0. The minimum Gasteiger partial charge on any atom is -0.387 e. The molecule has 22 heavy (non-hydrogen) atoms. The second kappa shape index (κ2) is 7.41. The third-order valence-electron chi connectivity index (χ3n) is 5.06. The van der Waals surface area contributed by atoms with Gasteiger partial charge in [0.1, 0.15) is 0 Å². The Balaban J connectivity index is 1.58. The van der Waals surface area contributed by atoms with E-state index in [2.05, 4.69) is 22.0 Å². The zero-order valence-electron chi connectivity index (χ0n) is 13.8. The molecule has 0 aliphatic carbocycles. The van der Waals surface area contributed by atoms with Gasteiger partial charge in [-0.1, -0.05) is 0 Å². The Morgan fingerprint density at radius 2 is 2.18 bits per heavy atom. The van der Waals surface area contributed by atoms with Gasteiger partial charge in [0.25, 0.3) is 0 Å². The van der Waals surface area contributed by atoms with Gasteiger partial charge in [-0.05, 0) is 51.4 Å². The Morgan fingerprint density at radius 1 is 1.36 bits per heavy atom. The summed E-state index contributed by atoms with van der Waals surface area (Å²) in [5, 5.41) is 13.9. The van der Waals surface area contributed by atoms with Gasteiger partial charge in [-0.3, -0.25) is 9.89 Å². The van der Waals surface area contributed by atoms with Crippen LogP contribution < -0.4 is 5.32 Å². The van der Waals surface area contributed by atoms with Crippen molar-refractivity contribution in [2.24, 2.45) is 4.99 Å². The maximum atomic E-state index is 10.5. The van der Waals surface area contributed by atoms with Crippen LogP contribution >= 0.6 is 11.8 Å². The lowest BCUT2D eigenvalue weighted by molar-refractivity contribution is 0.0776. The summed E-state index contributed by atoms with van der Waals surface area (Å²) in [4.78, 5) is 9.79. The second-order valence-electron chi connectivity index (χ2n) is 6.83. The fraction of sp³-hybridized carbons (Fsp3) is 0.938. The smallest absolute Gasteiger partial charge is 0.194 e. The maximum Gasteiger partial charge on any atom is 0.194 e. The topological polar surface area (TPSA) is 51.1 Å². The Hall–Kier alpha value is -0.460. The first-order valence-electron chi connectivity index (χ1n) is 8.78. The van der Waals surface area contributed by atoms with Crippen LogP contribution in [0.25, 0.3) is 0 Å². The van der Waals surface area contributed by atoms with E-state index in [1.54, 1.807) is 0 Å². The lowest BCUT2D eigenvalue weighted by Crippen LogP contribution is -2.44. The lowest BCUT2D eigenvalue weighted by atomic mass is 10.1. The van der Waals surface area contributed by atoms with Crippen LogP contribution in [0.2, 0.25) is 0 Å². The molecule has 3 aliphatic heterocycles. The van der Waals surface area contributed by atoms with Crippen molar-refractivity contribution in [2.45, 2.75) is 44.2 Å². The molecule has 0 aromatic heterocycles. The monoisotopic (exact) mass is 326 g/mol. The number of aliphatic hydroxyl groups is 1. The van der Waals surface area contributed by atoms with Crippen LogP contribution in [0, 0.1) is 0 Å². The van der Waals surface area contributed by atoms with Gasteiger partial charge >= 0.3 is 0 Å². The molecule has 2 N–H and O–H groups in total. The minimum absolute atomic E-state index is 0.535. The Bertz CT molecular complexity index is 392. The number of hydrogen-bond acceptors (Lipinski definition) is 4. The molecule has 5 nitrogen and oxygen atoms in total.